The minimum atomic E-state index is -0.552. The van der Waals surface area contributed by atoms with Crippen molar-refractivity contribution in [2.45, 2.75) is 50.8 Å². The van der Waals surface area contributed by atoms with Crippen molar-refractivity contribution < 1.29 is 9.53 Å². The van der Waals surface area contributed by atoms with E-state index in [9.17, 15) is 4.79 Å². The molecule has 1 atom stereocenters. The number of ether oxygens (including phenoxy) is 1. The summed E-state index contributed by atoms with van der Waals surface area (Å²) in [6.45, 7) is 5.48. The predicted octanol–water partition coefficient (Wildman–Crippen LogP) is 3.29. The second-order valence-electron chi connectivity index (χ2n) is 6.09. The van der Waals surface area contributed by atoms with E-state index in [1.165, 1.54) is 0 Å². The average molecular weight is 341 g/mol. The summed E-state index contributed by atoms with van der Waals surface area (Å²) in [6.07, 6.45) is 1.10. The summed E-state index contributed by atoms with van der Waals surface area (Å²) in [7, 11) is 0. The summed E-state index contributed by atoms with van der Waals surface area (Å²) >= 11 is 3.45. The van der Waals surface area contributed by atoms with Crippen LogP contribution in [0.2, 0.25) is 0 Å². The van der Waals surface area contributed by atoms with Crippen molar-refractivity contribution >= 4 is 22.0 Å². The van der Waals surface area contributed by atoms with Gasteiger partial charge in [-0.3, -0.25) is 0 Å². The molecule has 1 aromatic rings. The molecule has 0 radical (unpaired) electrons. The molecule has 110 valence electrons. The number of halogens is 1. The monoisotopic (exact) mass is 340 g/mol. The first kappa shape index (κ1) is 15.3. The van der Waals surface area contributed by atoms with Crippen LogP contribution in [-0.4, -0.2) is 17.7 Å². The molecule has 5 heteroatoms. The van der Waals surface area contributed by atoms with Gasteiger partial charge in [0.2, 0.25) is 0 Å². The molecule has 1 unspecified atom stereocenters. The van der Waals surface area contributed by atoms with E-state index in [0.29, 0.717) is 0 Å². The number of hydrogen-bond acceptors (Lipinski definition) is 3. The van der Waals surface area contributed by atoms with Gasteiger partial charge in [0.25, 0.3) is 0 Å². The molecule has 1 amide bonds. The predicted molar refractivity (Wildman–Crippen MR) is 82.4 cm³/mol. The van der Waals surface area contributed by atoms with Gasteiger partial charge in [0.15, 0.2) is 0 Å². The van der Waals surface area contributed by atoms with Gasteiger partial charge in [0.05, 0.1) is 5.54 Å². The summed E-state index contributed by atoms with van der Waals surface area (Å²) < 4.78 is 6.36. The lowest BCUT2D eigenvalue weighted by Crippen LogP contribution is -2.48. The van der Waals surface area contributed by atoms with Crippen molar-refractivity contribution in [1.29, 1.82) is 0 Å². The van der Waals surface area contributed by atoms with Gasteiger partial charge in [0, 0.05) is 10.0 Å². The normalized spacial score (nSPS) is 18.2. The first-order valence-corrected chi connectivity index (χ1v) is 7.56. The molecule has 0 bridgehead atoms. The van der Waals surface area contributed by atoms with Crippen LogP contribution in [0.3, 0.4) is 0 Å². The van der Waals surface area contributed by atoms with Crippen LogP contribution in [0.15, 0.2) is 28.7 Å². The molecule has 1 aliphatic rings. The van der Waals surface area contributed by atoms with Gasteiger partial charge in [-0.15, -0.1) is 0 Å². The maximum atomic E-state index is 12.0. The summed E-state index contributed by atoms with van der Waals surface area (Å²) in [5, 5.41) is 2.98. The molecule has 0 spiro atoms. The second kappa shape index (κ2) is 5.37. The second-order valence-corrected chi connectivity index (χ2v) is 7.00. The molecule has 3 N–H and O–H groups in total. The molecule has 0 saturated heterocycles. The molecule has 4 nitrogen and oxygen atoms in total. The number of amides is 1. The molecule has 1 saturated carbocycles. The Morgan fingerprint density at radius 2 is 2.15 bits per heavy atom. The van der Waals surface area contributed by atoms with E-state index >= 15 is 0 Å². The third-order valence-corrected chi connectivity index (χ3v) is 4.29. The van der Waals surface area contributed by atoms with Gasteiger partial charge in [-0.05, 0) is 51.3 Å². The summed E-state index contributed by atoms with van der Waals surface area (Å²) in [6, 6.07) is 7.99. The van der Waals surface area contributed by atoms with E-state index in [1.54, 1.807) is 6.92 Å². The molecule has 0 aliphatic heterocycles. The van der Waals surface area contributed by atoms with Crippen molar-refractivity contribution in [2.24, 2.45) is 5.73 Å². The van der Waals surface area contributed by atoms with Gasteiger partial charge in [-0.2, -0.15) is 0 Å². The van der Waals surface area contributed by atoms with Crippen LogP contribution in [0.25, 0.3) is 0 Å². The Morgan fingerprint density at radius 1 is 1.50 bits per heavy atom. The van der Waals surface area contributed by atoms with E-state index in [2.05, 4.69) is 21.2 Å². The van der Waals surface area contributed by atoms with Crippen LogP contribution < -0.4 is 11.1 Å². The molecular weight excluding hydrogens is 320 g/mol. The number of alkyl carbamates (subject to hydrolysis) is 1. The minimum Gasteiger partial charge on any atom is -0.445 e. The van der Waals surface area contributed by atoms with Crippen LogP contribution in [0.1, 0.15) is 39.2 Å². The molecule has 0 aromatic heterocycles. The zero-order chi connectivity index (χ0) is 15.0. The van der Waals surface area contributed by atoms with Crippen molar-refractivity contribution in [3.8, 4) is 0 Å². The van der Waals surface area contributed by atoms with E-state index < -0.39 is 11.6 Å². The van der Waals surface area contributed by atoms with Crippen molar-refractivity contribution in [2.75, 3.05) is 0 Å². The highest BCUT2D eigenvalue weighted by molar-refractivity contribution is 9.10. The van der Waals surface area contributed by atoms with Gasteiger partial charge in [0.1, 0.15) is 6.10 Å². The van der Waals surface area contributed by atoms with Crippen LogP contribution in [0, 0.1) is 0 Å². The van der Waals surface area contributed by atoms with Gasteiger partial charge >= 0.3 is 6.09 Å². The number of benzene rings is 1. The number of nitrogens with two attached hydrogens (primary N) is 1. The van der Waals surface area contributed by atoms with Crippen LogP contribution in [-0.2, 0) is 10.3 Å². The van der Waals surface area contributed by atoms with Crippen LogP contribution in [0.4, 0.5) is 4.79 Å². The fourth-order valence-corrected chi connectivity index (χ4v) is 2.33. The number of rotatable bonds is 4. The maximum absolute atomic E-state index is 12.0. The first-order chi connectivity index (χ1) is 9.23. The maximum Gasteiger partial charge on any atom is 0.408 e. The standard InChI is InChI=1S/C15H21BrN2O2/c1-10(14(2,3)17)20-13(19)18-15(7-8-15)11-5-4-6-12(16)9-11/h4-6,9-10H,7-8,17H2,1-3H3,(H,18,19). The quantitative estimate of drug-likeness (QED) is 0.883. The Kier molecular flexibility index (Phi) is 4.12. The molecule has 1 aliphatic carbocycles. The smallest absolute Gasteiger partial charge is 0.408 e. The summed E-state index contributed by atoms with van der Waals surface area (Å²) in [5.41, 5.74) is 6.20. The Labute approximate surface area is 128 Å². The fraction of sp³-hybridized carbons (Fsp3) is 0.533. The lowest BCUT2D eigenvalue weighted by molar-refractivity contribution is 0.0669. The first-order valence-electron chi connectivity index (χ1n) is 6.77. The van der Waals surface area contributed by atoms with Crippen molar-refractivity contribution in [3.63, 3.8) is 0 Å². The lowest BCUT2D eigenvalue weighted by Gasteiger charge is -2.28. The minimum absolute atomic E-state index is 0.278. The highest BCUT2D eigenvalue weighted by atomic mass is 79.9. The number of carbonyl (C=O) groups is 1. The number of nitrogens with one attached hydrogen (secondary N) is 1. The largest absolute Gasteiger partial charge is 0.445 e. The lowest BCUT2D eigenvalue weighted by atomic mass is 10.0. The van der Waals surface area contributed by atoms with Crippen LogP contribution in [0.5, 0.6) is 0 Å². The van der Waals surface area contributed by atoms with Crippen molar-refractivity contribution in [1.82, 2.24) is 5.32 Å². The Bertz CT molecular complexity index is 507. The topological polar surface area (TPSA) is 64.3 Å². The van der Waals surface area contributed by atoms with Crippen molar-refractivity contribution in [3.05, 3.63) is 34.3 Å². The van der Waals surface area contributed by atoms with Gasteiger partial charge < -0.3 is 15.8 Å². The molecular formula is C15H21BrN2O2. The zero-order valence-electron chi connectivity index (χ0n) is 12.1. The summed E-state index contributed by atoms with van der Waals surface area (Å²) in [5.74, 6) is 0. The SMILES string of the molecule is CC(OC(=O)NC1(c2cccc(Br)c2)CC1)C(C)(C)N. The molecule has 20 heavy (non-hydrogen) atoms. The molecule has 2 rings (SSSR count). The Hall–Kier alpha value is -1.07. The highest BCUT2D eigenvalue weighted by Crippen LogP contribution is 2.46. The summed E-state index contributed by atoms with van der Waals surface area (Å²) in [4.78, 5) is 12.0. The number of hydrogen-bond donors (Lipinski definition) is 2. The third-order valence-electron chi connectivity index (χ3n) is 3.80. The fourth-order valence-electron chi connectivity index (χ4n) is 1.93. The van der Waals surface area contributed by atoms with E-state index in [1.807, 2.05) is 38.1 Å². The Balaban J connectivity index is 2.01. The molecule has 0 heterocycles. The molecule has 1 fully saturated rings. The van der Waals surface area contributed by atoms with E-state index in [0.717, 1.165) is 22.9 Å². The zero-order valence-corrected chi connectivity index (χ0v) is 13.7. The van der Waals surface area contributed by atoms with E-state index in [-0.39, 0.29) is 11.6 Å². The van der Waals surface area contributed by atoms with E-state index in [4.69, 9.17) is 10.5 Å². The van der Waals surface area contributed by atoms with Gasteiger partial charge in [-0.25, -0.2) is 4.79 Å². The third kappa shape index (κ3) is 3.52. The van der Waals surface area contributed by atoms with Gasteiger partial charge in [-0.1, -0.05) is 28.1 Å². The Morgan fingerprint density at radius 3 is 2.65 bits per heavy atom. The number of carbonyl (C=O) groups excluding carboxylic acids is 1. The molecule has 1 aromatic carbocycles. The van der Waals surface area contributed by atoms with Crippen LogP contribution >= 0.6 is 15.9 Å². The average Bonchev–Trinajstić information content (AvgIpc) is 3.08. The highest BCUT2D eigenvalue weighted by Gasteiger charge is 2.46.